The van der Waals surface area contributed by atoms with Crippen molar-refractivity contribution in [3.05, 3.63) is 0 Å². The molecule has 2 atom stereocenters. The van der Waals surface area contributed by atoms with Gasteiger partial charge in [0.1, 0.15) is 6.04 Å². The maximum atomic E-state index is 12.0. The van der Waals surface area contributed by atoms with Gasteiger partial charge in [0.25, 0.3) is 0 Å². The van der Waals surface area contributed by atoms with Crippen molar-refractivity contribution >= 4 is 23.8 Å². The Morgan fingerprint density at radius 3 is 2.60 bits per heavy atom. The van der Waals surface area contributed by atoms with E-state index in [1.54, 1.807) is 0 Å². The molecule has 0 aliphatic carbocycles. The summed E-state index contributed by atoms with van der Waals surface area (Å²) in [6.45, 7) is 1.70. The minimum absolute atomic E-state index is 0.123. The van der Waals surface area contributed by atoms with Crippen LogP contribution in [0.4, 0.5) is 18.0 Å². The van der Waals surface area contributed by atoms with Crippen LogP contribution in [0, 0.1) is 0 Å². The third-order valence-corrected chi connectivity index (χ3v) is 4.33. The number of nitrogens with zero attached hydrogens (tertiary/aromatic N) is 1. The number of halogens is 3. The smallest absolute Gasteiger partial charge is 0.389 e. The number of amides is 2. The topological polar surface area (TPSA) is 69.6 Å². The highest BCUT2D eigenvalue weighted by Crippen LogP contribution is 2.31. The molecule has 0 aromatic rings. The SMILES string of the molecule is CCC1SCC(C(=O)O)N1C(=O)NCCCC(F)(F)F. The highest BCUT2D eigenvalue weighted by atomic mass is 32.2. The molecule has 0 bridgehead atoms. The Hall–Kier alpha value is -1.12. The van der Waals surface area contributed by atoms with Gasteiger partial charge in [-0.2, -0.15) is 13.2 Å². The maximum absolute atomic E-state index is 12.0. The van der Waals surface area contributed by atoms with Gasteiger partial charge in [-0.3, -0.25) is 4.90 Å². The zero-order chi connectivity index (χ0) is 15.3. The number of carbonyl (C=O) groups excluding carboxylic acids is 1. The molecule has 2 amide bonds. The molecule has 5 nitrogen and oxygen atoms in total. The number of urea groups is 1. The number of carboxylic acids is 1. The van der Waals surface area contributed by atoms with Gasteiger partial charge in [0.05, 0.1) is 5.37 Å². The van der Waals surface area contributed by atoms with E-state index in [2.05, 4.69) is 5.32 Å². The van der Waals surface area contributed by atoms with E-state index in [4.69, 9.17) is 5.11 Å². The lowest BCUT2D eigenvalue weighted by molar-refractivity contribution is -0.141. The fourth-order valence-corrected chi connectivity index (χ4v) is 3.26. The van der Waals surface area contributed by atoms with Gasteiger partial charge in [-0.05, 0) is 12.8 Å². The fourth-order valence-electron chi connectivity index (χ4n) is 1.92. The minimum atomic E-state index is -4.25. The molecule has 1 aliphatic rings. The van der Waals surface area contributed by atoms with Crippen LogP contribution in [-0.2, 0) is 4.79 Å². The Morgan fingerprint density at radius 2 is 2.10 bits per heavy atom. The largest absolute Gasteiger partial charge is 0.480 e. The van der Waals surface area contributed by atoms with Crippen LogP contribution < -0.4 is 5.32 Å². The van der Waals surface area contributed by atoms with Crippen molar-refractivity contribution in [3.63, 3.8) is 0 Å². The van der Waals surface area contributed by atoms with Gasteiger partial charge in [0.15, 0.2) is 0 Å². The normalized spacial score (nSPS) is 22.9. The molecule has 0 aromatic carbocycles. The first kappa shape index (κ1) is 16.9. The Kier molecular flexibility index (Phi) is 5.97. The molecule has 1 heterocycles. The number of carbonyl (C=O) groups is 2. The van der Waals surface area contributed by atoms with Crippen molar-refractivity contribution in [1.29, 1.82) is 0 Å². The third-order valence-electron chi connectivity index (χ3n) is 2.87. The van der Waals surface area contributed by atoms with E-state index >= 15 is 0 Å². The number of hydrogen-bond donors (Lipinski definition) is 2. The van der Waals surface area contributed by atoms with Crippen LogP contribution in [0.5, 0.6) is 0 Å². The molecule has 2 N–H and O–H groups in total. The quantitative estimate of drug-likeness (QED) is 0.764. The number of aliphatic carboxylic acids is 1. The van der Waals surface area contributed by atoms with Gasteiger partial charge >= 0.3 is 18.2 Å². The van der Waals surface area contributed by atoms with E-state index in [9.17, 15) is 22.8 Å². The van der Waals surface area contributed by atoms with Crippen molar-refractivity contribution in [1.82, 2.24) is 10.2 Å². The lowest BCUT2D eigenvalue weighted by Gasteiger charge is -2.26. The first-order chi connectivity index (χ1) is 9.26. The van der Waals surface area contributed by atoms with Crippen LogP contribution in [0.15, 0.2) is 0 Å². The van der Waals surface area contributed by atoms with Gasteiger partial charge in [-0.1, -0.05) is 6.92 Å². The molecule has 1 fully saturated rings. The molecular formula is C11H17F3N2O3S. The van der Waals surface area contributed by atoms with Crippen molar-refractivity contribution < 1.29 is 27.9 Å². The average Bonchev–Trinajstić information content (AvgIpc) is 2.77. The molecule has 1 rings (SSSR count). The first-order valence-corrected chi connectivity index (χ1v) is 7.28. The second-order valence-electron chi connectivity index (χ2n) is 4.41. The van der Waals surface area contributed by atoms with Crippen LogP contribution in [-0.4, -0.2) is 51.9 Å². The molecule has 0 aromatic heterocycles. The fraction of sp³-hybridized carbons (Fsp3) is 0.818. The van der Waals surface area contributed by atoms with E-state index in [-0.39, 0.29) is 18.3 Å². The summed E-state index contributed by atoms with van der Waals surface area (Å²) in [6.07, 6.45) is -4.85. The Balaban J connectivity index is 2.49. The van der Waals surface area contributed by atoms with Crippen LogP contribution in [0.3, 0.4) is 0 Å². The van der Waals surface area contributed by atoms with Gasteiger partial charge in [0.2, 0.25) is 0 Å². The third kappa shape index (κ3) is 4.77. The summed E-state index contributed by atoms with van der Waals surface area (Å²) in [5.41, 5.74) is 0. The van der Waals surface area contributed by atoms with E-state index in [0.29, 0.717) is 12.2 Å². The van der Waals surface area contributed by atoms with Crippen molar-refractivity contribution in [2.75, 3.05) is 12.3 Å². The van der Waals surface area contributed by atoms with Crippen LogP contribution in [0.2, 0.25) is 0 Å². The Labute approximate surface area is 118 Å². The average molecular weight is 314 g/mol. The molecule has 0 saturated carbocycles. The number of carboxylic acid groups (broad SMARTS) is 1. The predicted octanol–water partition coefficient (Wildman–Crippen LogP) is 2.28. The van der Waals surface area contributed by atoms with Crippen molar-refractivity contribution in [3.8, 4) is 0 Å². The second kappa shape index (κ2) is 7.05. The maximum Gasteiger partial charge on any atom is 0.389 e. The minimum Gasteiger partial charge on any atom is -0.480 e. The number of rotatable bonds is 5. The Bertz CT molecular complexity index is 365. The second-order valence-corrected chi connectivity index (χ2v) is 5.62. The zero-order valence-corrected chi connectivity index (χ0v) is 11.8. The highest BCUT2D eigenvalue weighted by Gasteiger charge is 2.40. The standard InChI is InChI=1S/C11H17F3N2O3S/c1-2-8-16(7(6-20-8)9(17)18)10(19)15-5-3-4-11(12,13)14/h7-8H,2-6H2,1H3,(H,15,19)(H,17,18). The van der Waals surface area contributed by atoms with E-state index in [0.717, 1.165) is 0 Å². The van der Waals surface area contributed by atoms with E-state index in [1.165, 1.54) is 16.7 Å². The van der Waals surface area contributed by atoms with Gasteiger partial charge in [-0.25, -0.2) is 9.59 Å². The summed E-state index contributed by atoms with van der Waals surface area (Å²) in [6, 6.07) is -1.54. The summed E-state index contributed by atoms with van der Waals surface area (Å²) in [4.78, 5) is 24.2. The highest BCUT2D eigenvalue weighted by molar-refractivity contribution is 8.00. The van der Waals surface area contributed by atoms with E-state index in [1.807, 2.05) is 6.92 Å². The number of nitrogens with one attached hydrogen (secondary N) is 1. The molecular weight excluding hydrogens is 297 g/mol. The zero-order valence-electron chi connectivity index (χ0n) is 10.9. The van der Waals surface area contributed by atoms with E-state index < -0.39 is 30.6 Å². The molecule has 1 saturated heterocycles. The first-order valence-electron chi connectivity index (χ1n) is 6.23. The molecule has 2 unspecified atom stereocenters. The molecule has 116 valence electrons. The van der Waals surface area contributed by atoms with Crippen LogP contribution in [0.25, 0.3) is 0 Å². The van der Waals surface area contributed by atoms with Gasteiger partial charge in [0, 0.05) is 18.7 Å². The van der Waals surface area contributed by atoms with Crippen molar-refractivity contribution in [2.45, 2.75) is 43.8 Å². The summed E-state index contributed by atoms with van der Waals surface area (Å²) >= 11 is 1.36. The molecule has 1 aliphatic heterocycles. The van der Waals surface area contributed by atoms with Crippen LogP contribution >= 0.6 is 11.8 Å². The number of hydrogen-bond acceptors (Lipinski definition) is 3. The summed E-state index contributed by atoms with van der Waals surface area (Å²) in [5.74, 6) is -0.803. The molecule has 0 spiro atoms. The van der Waals surface area contributed by atoms with Gasteiger partial charge < -0.3 is 10.4 Å². The number of alkyl halides is 3. The van der Waals surface area contributed by atoms with Crippen molar-refractivity contribution in [2.24, 2.45) is 0 Å². The Morgan fingerprint density at radius 1 is 1.45 bits per heavy atom. The monoisotopic (exact) mass is 314 g/mol. The molecule has 0 radical (unpaired) electrons. The summed E-state index contributed by atoms with van der Waals surface area (Å²) in [7, 11) is 0. The molecule has 9 heteroatoms. The van der Waals surface area contributed by atoms with Crippen LogP contribution in [0.1, 0.15) is 26.2 Å². The summed E-state index contributed by atoms with van der Waals surface area (Å²) < 4.78 is 35.9. The predicted molar refractivity (Wildman–Crippen MR) is 68.5 cm³/mol. The number of thioether (sulfide) groups is 1. The van der Waals surface area contributed by atoms with Gasteiger partial charge in [-0.15, -0.1) is 11.8 Å². The molecule has 20 heavy (non-hydrogen) atoms. The summed E-state index contributed by atoms with van der Waals surface area (Å²) in [5, 5.41) is 11.1. The lowest BCUT2D eigenvalue weighted by Crippen LogP contribution is -2.50. The lowest BCUT2D eigenvalue weighted by atomic mass is 10.2.